The molecule has 0 saturated carbocycles. The third-order valence-electron chi connectivity index (χ3n) is 5.31. The van der Waals surface area contributed by atoms with E-state index in [1.54, 1.807) is 42.6 Å². The van der Waals surface area contributed by atoms with E-state index in [1.807, 2.05) is 18.2 Å². The smallest absolute Gasteiger partial charge is 0.257 e. The van der Waals surface area contributed by atoms with Crippen LogP contribution in [0.15, 0.2) is 55.2 Å². The Balaban J connectivity index is 0.000000342. The SMILES string of the molecule is CN1CCC(O)C1=O.COc1nn(CC(F)F)cc1Nc1nccc(-n2ccc(-c3cccnc3)n2)n1. The standard InChI is InChI=1S/C18H16F2N8O.C5H9NO2/c1-29-17-14(10-27(26-17)11-15(19)20)23-18-22-7-4-16(24-18)28-8-5-13(25-28)12-3-2-6-21-9-12;1-6-3-2-4(7)5(6)8/h2-10,15H,11H2,1H3,(H,22,23,24);4,7H,2-3H2,1H3. The van der Waals surface area contributed by atoms with Crippen LogP contribution in [0.3, 0.4) is 0 Å². The molecular weight excluding hydrogens is 488 g/mol. The summed E-state index contributed by atoms with van der Waals surface area (Å²) in [6.45, 7) is 0.156. The number of hydrogen-bond acceptors (Lipinski definition) is 9. The number of carbonyl (C=O) groups excluding carboxylic acids is 1. The van der Waals surface area contributed by atoms with Crippen LogP contribution < -0.4 is 10.1 Å². The maximum absolute atomic E-state index is 12.6. The molecule has 1 saturated heterocycles. The fourth-order valence-electron chi connectivity index (χ4n) is 3.46. The first-order valence-corrected chi connectivity index (χ1v) is 11.2. The lowest BCUT2D eigenvalue weighted by Gasteiger charge is -2.06. The van der Waals surface area contributed by atoms with Crippen LogP contribution in [0.25, 0.3) is 17.1 Å². The number of rotatable bonds is 7. The maximum atomic E-state index is 12.6. The summed E-state index contributed by atoms with van der Waals surface area (Å²) >= 11 is 0. The summed E-state index contributed by atoms with van der Waals surface area (Å²) in [4.78, 5) is 24.8. The van der Waals surface area contributed by atoms with Crippen molar-refractivity contribution in [2.75, 3.05) is 26.0 Å². The molecule has 5 heterocycles. The van der Waals surface area contributed by atoms with E-state index in [1.165, 1.54) is 18.2 Å². The Morgan fingerprint density at radius 2 is 2.08 bits per heavy atom. The Bertz CT molecular complexity index is 1320. The Hall–Kier alpha value is -4.46. The van der Waals surface area contributed by atoms with E-state index < -0.39 is 19.1 Å². The Labute approximate surface area is 210 Å². The van der Waals surface area contributed by atoms with Crippen molar-refractivity contribution in [2.45, 2.75) is 25.5 Å². The molecule has 0 bridgehead atoms. The number of anilines is 2. The van der Waals surface area contributed by atoms with Gasteiger partial charge in [0.2, 0.25) is 5.95 Å². The van der Waals surface area contributed by atoms with Gasteiger partial charge in [-0.15, -0.1) is 5.10 Å². The fourth-order valence-corrected chi connectivity index (χ4v) is 3.46. The number of likely N-dealkylation sites (tertiary alicyclic amines) is 1. The molecule has 0 aromatic carbocycles. The van der Waals surface area contributed by atoms with Crippen molar-refractivity contribution in [3.05, 3.63) is 55.2 Å². The van der Waals surface area contributed by atoms with Crippen molar-refractivity contribution in [3.63, 3.8) is 0 Å². The van der Waals surface area contributed by atoms with E-state index in [4.69, 9.17) is 9.84 Å². The van der Waals surface area contributed by atoms with Crippen molar-refractivity contribution in [3.8, 4) is 23.0 Å². The minimum Gasteiger partial charge on any atom is -0.478 e. The number of pyridine rings is 1. The summed E-state index contributed by atoms with van der Waals surface area (Å²) in [6, 6.07) is 7.30. The van der Waals surface area contributed by atoms with Gasteiger partial charge in [0.1, 0.15) is 18.3 Å². The van der Waals surface area contributed by atoms with Crippen LogP contribution in [-0.2, 0) is 11.3 Å². The average molecular weight is 514 g/mol. The van der Waals surface area contributed by atoms with E-state index >= 15 is 0 Å². The summed E-state index contributed by atoms with van der Waals surface area (Å²) < 4.78 is 33.0. The summed E-state index contributed by atoms with van der Waals surface area (Å²) in [5.41, 5.74) is 2.01. The Kier molecular flexibility index (Phi) is 7.98. The van der Waals surface area contributed by atoms with Crippen LogP contribution in [0.1, 0.15) is 6.42 Å². The van der Waals surface area contributed by atoms with Gasteiger partial charge < -0.3 is 20.1 Å². The number of aliphatic hydroxyl groups is 1. The largest absolute Gasteiger partial charge is 0.478 e. The van der Waals surface area contributed by atoms with Crippen LogP contribution in [0.5, 0.6) is 5.88 Å². The van der Waals surface area contributed by atoms with E-state index in [0.29, 0.717) is 24.5 Å². The molecule has 12 nitrogen and oxygen atoms in total. The van der Waals surface area contributed by atoms with Gasteiger partial charge in [-0.2, -0.15) is 10.1 Å². The number of aromatic nitrogens is 7. The van der Waals surface area contributed by atoms with Gasteiger partial charge in [-0.05, 0) is 24.6 Å². The van der Waals surface area contributed by atoms with E-state index in [2.05, 4.69) is 30.5 Å². The van der Waals surface area contributed by atoms with E-state index in [-0.39, 0.29) is 17.7 Å². The topological polar surface area (TPSA) is 136 Å². The molecule has 1 aliphatic heterocycles. The number of amides is 1. The van der Waals surface area contributed by atoms with E-state index in [9.17, 15) is 13.6 Å². The number of alkyl halides is 2. The highest BCUT2D eigenvalue weighted by Crippen LogP contribution is 2.25. The lowest BCUT2D eigenvalue weighted by Crippen LogP contribution is -2.24. The first-order valence-electron chi connectivity index (χ1n) is 11.2. The number of methoxy groups -OCH3 is 1. The number of likely N-dealkylation sites (N-methyl/N-ethyl adjacent to an activating group) is 1. The quantitative estimate of drug-likeness (QED) is 0.381. The van der Waals surface area contributed by atoms with Crippen LogP contribution in [0.2, 0.25) is 0 Å². The van der Waals surface area contributed by atoms with Gasteiger partial charge in [-0.3, -0.25) is 14.5 Å². The van der Waals surface area contributed by atoms with Crippen molar-refractivity contribution >= 4 is 17.5 Å². The van der Waals surface area contributed by atoms with Crippen LogP contribution >= 0.6 is 0 Å². The average Bonchev–Trinajstić information content (AvgIpc) is 3.61. The number of carbonyl (C=O) groups is 1. The number of aliphatic hydroxyl groups excluding tert-OH is 1. The van der Waals surface area contributed by atoms with Crippen LogP contribution in [-0.4, -0.2) is 83.7 Å². The lowest BCUT2D eigenvalue weighted by atomic mass is 10.2. The molecule has 2 N–H and O–H groups in total. The van der Waals surface area contributed by atoms with Gasteiger partial charge >= 0.3 is 0 Å². The Morgan fingerprint density at radius 1 is 1.24 bits per heavy atom. The monoisotopic (exact) mass is 513 g/mol. The third kappa shape index (κ3) is 6.41. The Morgan fingerprint density at radius 3 is 2.70 bits per heavy atom. The number of ether oxygens (including phenoxy) is 1. The summed E-state index contributed by atoms with van der Waals surface area (Å²) in [6.07, 6.45) is 5.51. The molecule has 5 rings (SSSR count). The molecule has 0 spiro atoms. The molecule has 0 aliphatic carbocycles. The number of halogens is 2. The molecule has 4 aromatic heterocycles. The van der Waals surface area contributed by atoms with Crippen molar-refractivity contribution in [2.24, 2.45) is 0 Å². The highest BCUT2D eigenvalue weighted by molar-refractivity contribution is 5.82. The summed E-state index contributed by atoms with van der Waals surface area (Å²) in [5.74, 6) is 0.787. The molecule has 4 aromatic rings. The first kappa shape index (κ1) is 25.6. The first-order chi connectivity index (χ1) is 17.8. The second kappa shape index (κ2) is 11.5. The summed E-state index contributed by atoms with van der Waals surface area (Å²) in [7, 11) is 3.10. The van der Waals surface area contributed by atoms with Crippen molar-refractivity contribution in [1.82, 2.24) is 39.4 Å². The molecule has 1 unspecified atom stereocenters. The zero-order valence-electron chi connectivity index (χ0n) is 20.1. The zero-order valence-corrected chi connectivity index (χ0v) is 20.1. The molecule has 0 radical (unpaired) electrons. The highest BCUT2D eigenvalue weighted by Gasteiger charge is 2.26. The van der Waals surface area contributed by atoms with Crippen molar-refractivity contribution < 1.29 is 23.4 Å². The summed E-state index contributed by atoms with van der Waals surface area (Å²) in [5, 5.41) is 20.2. The normalized spacial score (nSPS) is 15.0. The van der Waals surface area contributed by atoms with Gasteiger partial charge in [-0.1, -0.05) is 0 Å². The molecule has 37 heavy (non-hydrogen) atoms. The molecular formula is C23H25F2N9O3. The van der Waals surface area contributed by atoms with E-state index in [0.717, 1.165) is 15.9 Å². The number of nitrogens with one attached hydrogen (secondary N) is 1. The zero-order chi connectivity index (χ0) is 26.4. The van der Waals surface area contributed by atoms with Gasteiger partial charge in [-0.25, -0.2) is 18.4 Å². The lowest BCUT2D eigenvalue weighted by molar-refractivity contribution is -0.133. The van der Waals surface area contributed by atoms with Gasteiger partial charge in [0.15, 0.2) is 5.82 Å². The molecule has 1 fully saturated rings. The van der Waals surface area contributed by atoms with Crippen LogP contribution in [0, 0.1) is 0 Å². The van der Waals surface area contributed by atoms with Gasteiger partial charge in [0.05, 0.1) is 19.0 Å². The van der Waals surface area contributed by atoms with Crippen LogP contribution in [0.4, 0.5) is 20.4 Å². The van der Waals surface area contributed by atoms with Gasteiger partial charge in [0, 0.05) is 50.0 Å². The molecule has 14 heteroatoms. The number of hydrogen-bond donors (Lipinski definition) is 2. The van der Waals surface area contributed by atoms with Gasteiger partial charge in [0.25, 0.3) is 18.2 Å². The molecule has 1 amide bonds. The minimum absolute atomic E-state index is 0.148. The second-order valence-corrected chi connectivity index (χ2v) is 7.98. The molecule has 1 atom stereocenters. The fraction of sp³-hybridized carbons (Fsp3) is 0.304. The third-order valence-corrected chi connectivity index (χ3v) is 5.31. The predicted octanol–water partition coefficient (Wildman–Crippen LogP) is 2.15. The molecule has 194 valence electrons. The second-order valence-electron chi connectivity index (χ2n) is 7.98. The predicted molar refractivity (Wildman–Crippen MR) is 129 cm³/mol. The minimum atomic E-state index is -2.53. The molecule has 1 aliphatic rings. The number of nitrogens with zero attached hydrogens (tertiary/aromatic N) is 8. The maximum Gasteiger partial charge on any atom is 0.257 e. The highest BCUT2D eigenvalue weighted by atomic mass is 19.3. The van der Waals surface area contributed by atoms with Crippen molar-refractivity contribution in [1.29, 1.82) is 0 Å².